The number of hydrogen-bond donors (Lipinski definition) is 0. The van der Waals surface area contributed by atoms with Crippen LogP contribution in [0, 0.1) is 5.41 Å². The average molecular weight is 241 g/mol. The minimum absolute atomic E-state index is 0.354. The highest BCUT2D eigenvalue weighted by molar-refractivity contribution is 4.97. The number of morpholine rings is 1. The van der Waals surface area contributed by atoms with Crippen LogP contribution in [-0.4, -0.2) is 49.5 Å². The molecule has 0 aromatic heterocycles. The number of hydrogen-bond acceptors (Lipinski definition) is 3. The lowest BCUT2D eigenvalue weighted by atomic mass is 10.0. The Morgan fingerprint density at radius 1 is 1.24 bits per heavy atom. The summed E-state index contributed by atoms with van der Waals surface area (Å²) in [5.41, 5.74) is 0.449. The van der Waals surface area contributed by atoms with Crippen molar-refractivity contribution >= 4 is 0 Å². The van der Waals surface area contributed by atoms with Crippen LogP contribution < -0.4 is 0 Å². The lowest BCUT2D eigenvalue weighted by molar-refractivity contribution is -0.0558. The smallest absolute Gasteiger partial charge is 0.0620 e. The molecule has 0 bridgehead atoms. The lowest BCUT2D eigenvalue weighted by Gasteiger charge is -2.41. The maximum atomic E-state index is 5.82. The van der Waals surface area contributed by atoms with E-state index in [0.29, 0.717) is 23.6 Å². The molecule has 0 radical (unpaired) electrons. The molecule has 2 atom stereocenters. The molecule has 1 saturated heterocycles. The van der Waals surface area contributed by atoms with Crippen molar-refractivity contribution in [3.63, 3.8) is 0 Å². The first-order chi connectivity index (χ1) is 8.02. The van der Waals surface area contributed by atoms with Gasteiger partial charge in [0.2, 0.25) is 0 Å². The fourth-order valence-corrected chi connectivity index (χ4v) is 2.60. The summed E-state index contributed by atoms with van der Waals surface area (Å²) in [6.07, 6.45) is 3.01. The summed E-state index contributed by atoms with van der Waals surface area (Å²) in [4.78, 5) is 2.61. The second-order valence-electron chi connectivity index (χ2n) is 6.27. The van der Waals surface area contributed by atoms with Crippen molar-refractivity contribution in [2.75, 3.05) is 26.4 Å². The van der Waals surface area contributed by atoms with Crippen LogP contribution in [0.25, 0.3) is 0 Å². The van der Waals surface area contributed by atoms with Crippen LogP contribution in [0.1, 0.15) is 40.5 Å². The molecule has 3 nitrogen and oxygen atoms in total. The van der Waals surface area contributed by atoms with Crippen LogP contribution in [-0.2, 0) is 9.47 Å². The van der Waals surface area contributed by atoms with Crippen molar-refractivity contribution in [3.8, 4) is 0 Å². The number of ether oxygens (including phenoxy) is 2. The van der Waals surface area contributed by atoms with Gasteiger partial charge in [-0.05, 0) is 40.5 Å². The van der Waals surface area contributed by atoms with E-state index < -0.39 is 0 Å². The van der Waals surface area contributed by atoms with Crippen LogP contribution in [0.4, 0.5) is 0 Å². The molecule has 3 heteroatoms. The third-order valence-corrected chi connectivity index (χ3v) is 4.05. The van der Waals surface area contributed by atoms with Crippen LogP contribution in [0.15, 0.2) is 0 Å². The molecule has 1 saturated carbocycles. The molecule has 0 spiro atoms. The van der Waals surface area contributed by atoms with E-state index in [0.717, 1.165) is 19.8 Å². The van der Waals surface area contributed by atoms with Gasteiger partial charge in [-0.3, -0.25) is 4.90 Å². The molecule has 1 aliphatic carbocycles. The molecular formula is C14H27NO2. The summed E-state index contributed by atoms with van der Waals surface area (Å²) in [5, 5.41) is 0. The zero-order chi connectivity index (χ0) is 12.5. The number of rotatable bonds is 5. The Kier molecular flexibility index (Phi) is 4.11. The summed E-state index contributed by atoms with van der Waals surface area (Å²) >= 11 is 0. The normalized spacial score (nSPS) is 33.0. The van der Waals surface area contributed by atoms with E-state index in [1.54, 1.807) is 0 Å². The SMILES string of the molecule is CC(C)OCC1(CN2[C@H](C)COC[C@@H]2C)CC1. The summed E-state index contributed by atoms with van der Waals surface area (Å²) in [6.45, 7) is 12.7. The summed E-state index contributed by atoms with van der Waals surface area (Å²) in [7, 11) is 0. The Hall–Kier alpha value is -0.120. The zero-order valence-electron chi connectivity index (χ0n) is 11.7. The molecule has 0 unspecified atom stereocenters. The van der Waals surface area contributed by atoms with E-state index >= 15 is 0 Å². The van der Waals surface area contributed by atoms with Crippen molar-refractivity contribution in [3.05, 3.63) is 0 Å². The van der Waals surface area contributed by atoms with Crippen LogP contribution in [0.3, 0.4) is 0 Å². The van der Waals surface area contributed by atoms with E-state index in [2.05, 4.69) is 32.6 Å². The van der Waals surface area contributed by atoms with Gasteiger partial charge in [0.15, 0.2) is 0 Å². The first-order valence-electron chi connectivity index (χ1n) is 6.97. The molecule has 1 heterocycles. The predicted octanol–water partition coefficient (Wildman–Crippen LogP) is 2.30. The number of nitrogens with zero attached hydrogens (tertiary/aromatic N) is 1. The first-order valence-corrected chi connectivity index (χ1v) is 6.97. The van der Waals surface area contributed by atoms with Gasteiger partial charge in [-0.15, -0.1) is 0 Å². The Balaban J connectivity index is 1.86. The van der Waals surface area contributed by atoms with Crippen LogP contribution >= 0.6 is 0 Å². The Morgan fingerprint density at radius 3 is 2.29 bits per heavy atom. The van der Waals surface area contributed by atoms with Crippen molar-refractivity contribution < 1.29 is 9.47 Å². The molecule has 17 heavy (non-hydrogen) atoms. The van der Waals surface area contributed by atoms with E-state index in [-0.39, 0.29) is 0 Å². The Morgan fingerprint density at radius 2 is 1.82 bits per heavy atom. The van der Waals surface area contributed by atoms with Crippen molar-refractivity contribution in [2.24, 2.45) is 5.41 Å². The average Bonchev–Trinajstić information content (AvgIpc) is 3.02. The maximum Gasteiger partial charge on any atom is 0.0620 e. The molecule has 0 aromatic rings. The van der Waals surface area contributed by atoms with Gasteiger partial charge in [0.25, 0.3) is 0 Å². The molecule has 2 rings (SSSR count). The third-order valence-electron chi connectivity index (χ3n) is 4.05. The fourth-order valence-electron chi connectivity index (χ4n) is 2.60. The van der Waals surface area contributed by atoms with E-state index in [1.807, 2.05) is 0 Å². The molecule has 100 valence electrons. The Labute approximate surface area is 105 Å². The van der Waals surface area contributed by atoms with Crippen molar-refractivity contribution in [2.45, 2.75) is 58.7 Å². The minimum atomic E-state index is 0.354. The maximum absolute atomic E-state index is 5.82. The fraction of sp³-hybridized carbons (Fsp3) is 1.00. The Bertz CT molecular complexity index is 241. The quantitative estimate of drug-likeness (QED) is 0.737. The standard InChI is InChI=1S/C14H27NO2/c1-11(2)17-10-14(5-6-14)9-15-12(3)7-16-8-13(15)4/h11-13H,5-10H2,1-4H3/t12-,13+. The lowest BCUT2D eigenvalue weighted by Crippen LogP contribution is -2.52. The van der Waals surface area contributed by atoms with Crippen molar-refractivity contribution in [1.29, 1.82) is 0 Å². The van der Waals surface area contributed by atoms with Gasteiger partial charge < -0.3 is 9.47 Å². The van der Waals surface area contributed by atoms with Gasteiger partial charge in [0, 0.05) is 24.0 Å². The van der Waals surface area contributed by atoms with Gasteiger partial charge in [-0.25, -0.2) is 0 Å². The largest absolute Gasteiger partial charge is 0.378 e. The van der Waals surface area contributed by atoms with Gasteiger partial charge >= 0.3 is 0 Å². The van der Waals surface area contributed by atoms with E-state index in [9.17, 15) is 0 Å². The first kappa shape index (κ1) is 13.3. The van der Waals surface area contributed by atoms with Crippen LogP contribution in [0.5, 0.6) is 0 Å². The molecular weight excluding hydrogens is 214 g/mol. The predicted molar refractivity (Wildman–Crippen MR) is 69.2 cm³/mol. The second-order valence-corrected chi connectivity index (χ2v) is 6.27. The highest BCUT2D eigenvalue weighted by Gasteiger charge is 2.46. The molecule has 2 fully saturated rings. The third kappa shape index (κ3) is 3.43. The summed E-state index contributed by atoms with van der Waals surface area (Å²) in [5.74, 6) is 0. The second kappa shape index (κ2) is 5.25. The summed E-state index contributed by atoms with van der Waals surface area (Å²) in [6, 6.07) is 1.10. The zero-order valence-corrected chi connectivity index (χ0v) is 11.7. The highest BCUT2D eigenvalue weighted by atomic mass is 16.5. The monoisotopic (exact) mass is 241 g/mol. The molecule has 0 aromatic carbocycles. The molecule has 1 aliphatic heterocycles. The van der Waals surface area contributed by atoms with Gasteiger partial charge in [0.05, 0.1) is 25.9 Å². The highest BCUT2D eigenvalue weighted by Crippen LogP contribution is 2.47. The van der Waals surface area contributed by atoms with E-state index in [4.69, 9.17) is 9.47 Å². The summed E-state index contributed by atoms with van der Waals surface area (Å²) < 4.78 is 11.4. The van der Waals surface area contributed by atoms with E-state index in [1.165, 1.54) is 19.4 Å². The molecule has 0 N–H and O–H groups in total. The van der Waals surface area contributed by atoms with Gasteiger partial charge in [-0.1, -0.05) is 0 Å². The topological polar surface area (TPSA) is 21.7 Å². The van der Waals surface area contributed by atoms with Crippen molar-refractivity contribution in [1.82, 2.24) is 4.90 Å². The van der Waals surface area contributed by atoms with Crippen LogP contribution in [0.2, 0.25) is 0 Å². The molecule has 2 aliphatic rings. The van der Waals surface area contributed by atoms with Gasteiger partial charge in [0.1, 0.15) is 0 Å². The molecule has 0 amide bonds. The van der Waals surface area contributed by atoms with Gasteiger partial charge in [-0.2, -0.15) is 0 Å². The minimum Gasteiger partial charge on any atom is -0.378 e.